The van der Waals surface area contributed by atoms with Gasteiger partial charge in [0.1, 0.15) is 5.69 Å². The molecule has 10 heteroatoms. The Balaban J connectivity index is 1.94. The summed E-state index contributed by atoms with van der Waals surface area (Å²) >= 11 is 0. The van der Waals surface area contributed by atoms with Crippen molar-refractivity contribution in [2.24, 2.45) is 0 Å². The molecule has 0 bridgehead atoms. The molecule has 4 aromatic rings. The van der Waals surface area contributed by atoms with E-state index in [1.807, 2.05) is 60.4 Å². The van der Waals surface area contributed by atoms with Gasteiger partial charge < -0.3 is 25.3 Å². The van der Waals surface area contributed by atoms with Crippen LogP contribution in [0.5, 0.6) is 5.75 Å². The number of nitro benzene ring substituents is 1. The molecule has 3 N–H and O–H groups in total. The van der Waals surface area contributed by atoms with Crippen LogP contribution in [0.25, 0.3) is 33.5 Å². The minimum Gasteiger partial charge on any atom is -0.494 e. The number of nitrogen functional groups attached to an aromatic ring is 1. The number of para-hydroxylation sites is 1. The number of nitro groups is 1. The van der Waals surface area contributed by atoms with E-state index in [1.54, 1.807) is 13.2 Å². The topological polar surface area (TPSA) is 126 Å². The third-order valence-corrected chi connectivity index (χ3v) is 5.67. The van der Waals surface area contributed by atoms with Crippen molar-refractivity contribution in [3.8, 4) is 28.4 Å². The first kappa shape index (κ1) is 23.0. The smallest absolute Gasteiger partial charge is 0.295 e. The zero-order valence-electron chi connectivity index (χ0n) is 19.6. The van der Waals surface area contributed by atoms with Crippen LogP contribution < -0.4 is 15.4 Å². The molecule has 0 radical (unpaired) electrons. The molecule has 0 saturated carbocycles. The number of likely N-dealkylation sites (N-methyl/N-ethyl adjacent to an activating group) is 2. The average molecular weight is 462 g/mol. The van der Waals surface area contributed by atoms with Crippen molar-refractivity contribution in [2.75, 3.05) is 52.0 Å². The van der Waals surface area contributed by atoms with Gasteiger partial charge in [-0.25, -0.2) is 9.97 Å². The Kier molecular flexibility index (Phi) is 6.33. The van der Waals surface area contributed by atoms with Crippen LogP contribution in [-0.4, -0.2) is 66.1 Å². The first-order chi connectivity index (χ1) is 16.3. The number of benzene rings is 2. The Morgan fingerprint density at radius 3 is 2.65 bits per heavy atom. The third kappa shape index (κ3) is 4.23. The van der Waals surface area contributed by atoms with Crippen LogP contribution in [0.3, 0.4) is 0 Å². The maximum atomic E-state index is 12.0. The summed E-state index contributed by atoms with van der Waals surface area (Å²) in [6.07, 6.45) is 3.53. The van der Waals surface area contributed by atoms with E-state index in [1.165, 1.54) is 13.2 Å². The van der Waals surface area contributed by atoms with E-state index < -0.39 is 4.92 Å². The van der Waals surface area contributed by atoms with E-state index in [9.17, 15) is 10.1 Å². The lowest BCUT2D eigenvalue weighted by atomic mass is 10.0. The lowest BCUT2D eigenvalue weighted by Crippen LogP contribution is -2.29. The molecule has 2 aromatic heterocycles. The lowest BCUT2D eigenvalue weighted by Gasteiger charge is -2.25. The van der Waals surface area contributed by atoms with E-state index in [4.69, 9.17) is 15.5 Å². The summed E-state index contributed by atoms with van der Waals surface area (Å²) in [5, 5.41) is 13.0. The number of aromatic amines is 1. The molecule has 2 heterocycles. The maximum Gasteiger partial charge on any atom is 0.295 e. The van der Waals surface area contributed by atoms with Gasteiger partial charge >= 0.3 is 0 Å². The van der Waals surface area contributed by atoms with Crippen molar-refractivity contribution in [2.45, 2.75) is 0 Å². The van der Waals surface area contributed by atoms with Gasteiger partial charge in [0, 0.05) is 55.1 Å². The fraction of sp³-hybridized carbons (Fsp3) is 0.250. The molecule has 176 valence electrons. The number of ether oxygens (including phenoxy) is 1. The number of nitrogens with two attached hydrogens (primary N) is 1. The molecule has 0 spiro atoms. The molecular formula is C24H27N7O3. The number of nitrogens with one attached hydrogen (secondary N) is 1. The van der Waals surface area contributed by atoms with Crippen molar-refractivity contribution in [3.63, 3.8) is 0 Å². The largest absolute Gasteiger partial charge is 0.494 e. The summed E-state index contributed by atoms with van der Waals surface area (Å²) in [5.41, 5.74) is 9.51. The second kappa shape index (κ2) is 9.36. The molecule has 0 amide bonds. The number of rotatable bonds is 8. The number of methoxy groups -OCH3 is 1. The maximum absolute atomic E-state index is 12.0. The first-order valence-corrected chi connectivity index (χ1v) is 10.7. The highest BCUT2D eigenvalue weighted by Crippen LogP contribution is 2.47. The summed E-state index contributed by atoms with van der Waals surface area (Å²) in [4.78, 5) is 27.9. The lowest BCUT2D eigenvalue weighted by molar-refractivity contribution is -0.384. The van der Waals surface area contributed by atoms with Crippen molar-refractivity contribution in [3.05, 3.63) is 58.9 Å². The number of anilines is 2. The Morgan fingerprint density at radius 2 is 1.94 bits per heavy atom. The second-order valence-corrected chi connectivity index (χ2v) is 8.24. The Hall–Kier alpha value is -4.18. The Morgan fingerprint density at radius 1 is 1.18 bits per heavy atom. The molecule has 0 aliphatic rings. The van der Waals surface area contributed by atoms with E-state index >= 15 is 0 Å². The number of hydrogen-bond donors (Lipinski definition) is 2. The van der Waals surface area contributed by atoms with Crippen molar-refractivity contribution < 1.29 is 9.66 Å². The van der Waals surface area contributed by atoms with E-state index in [2.05, 4.69) is 9.97 Å². The number of H-pyrrole nitrogens is 1. The fourth-order valence-corrected chi connectivity index (χ4v) is 3.99. The predicted molar refractivity (Wildman–Crippen MR) is 134 cm³/mol. The molecule has 0 unspecified atom stereocenters. The van der Waals surface area contributed by atoms with Crippen molar-refractivity contribution in [1.29, 1.82) is 0 Å². The van der Waals surface area contributed by atoms with Crippen LogP contribution in [0.2, 0.25) is 0 Å². The molecule has 0 saturated heterocycles. The number of hydrogen-bond acceptors (Lipinski definition) is 8. The zero-order valence-corrected chi connectivity index (χ0v) is 19.6. The van der Waals surface area contributed by atoms with Gasteiger partial charge in [0.15, 0.2) is 11.6 Å². The quantitative estimate of drug-likeness (QED) is 0.231. The summed E-state index contributed by atoms with van der Waals surface area (Å²) < 4.78 is 5.61. The number of nitrogens with zero attached hydrogens (tertiary/aromatic N) is 5. The molecule has 2 aromatic carbocycles. The predicted octanol–water partition coefficient (Wildman–Crippen LogP) is 3.79. The third-order valence-electron chi connectivity index (χ3n) is 5.67. The minimum atomic E-state index is -0.440. The SMILES string of the molecule is COc1c(N)cc([N+](=O)[O-])c(N(C)CCN(C)C)c1-c1nccc(-c2c[nH]c3ccccc23)n1. The molecular weight excluding hydrogens is 434 g/mol. The molecule has 0 atom stereocenters. The van der Waals surface area contributed by atoms with Crippen LogP contribution >= 0.6 is 0 Å². The van der Waals surface area contributed by atoms with Crippen molar-refractivity contribution in [1.82, 2.24) is 19.9 Å². The van der Waals surface area contributed by atoms with Gasteiger partial charge in [0.05, 0.1) is 29.0 Å². The highest BCUT2D eigenvalue weighted by Gasteiger charge is 2.30. The molecule has 0 aliphatic heterocycles. The molecule has 4 rings (SSSR count). The minimum absolute atomic E-state index is 0.129. The van der Waals surface area contributed by atoms with Gasteiger partial charge in [-0.15, -0.1) is 0 Å². The van der Waals surface area contributed by atoms with Gasteiger partial charge in [0.2, 0.25) is 0 Å². The van der Waals surface area contributed by atoms with Crippen LogP contribution in [0.1, 0.15) is 0 Å². The van der Waals surface area contributed by atoms with Crippen LogP contribution in [0.15, 0.2) is 48.8 Å². The van der Waals surface area contributed by atoms with Gasteiger partial charge in [0.25, 0.3) is 5.69 Å². The monoisotopic (exact) mass is 461 g/mol. The highest BCUT2D eigenvalue weighted by molar-refractivity contribution is 5.96. The Labute approximate surface area is 197 Å². The van der Waals surface area contributed by atoms with Crippen LogP contribution in [-0.2, 0) is 0 Å². The van der Waals surface area contributed by atoms with Crippen molar-refractivity contribution >= 4 is 28.0 Å². The fourth-order valence-electron chi connectivity index (χ4n) is 3.99. The van der Waals surface area contributed by atoms with E-state index in [0.717, 1.165) is 16.5 Å². The average Bonchev–Trinajstić information content (AvgIpc) is 3.26. The molecule has 10 nitrogen and oxygen atoms in total. The number of fused-ring (bicyclic) bond motifs is 1. The molecule has 34 heavy (non-hydrogen) atoms. The van der Waals surface area contributed by atoms with Gasteiger partial charge in [-0.05, 0) is 26.2 Å². The van der Waals surface area contributed by atoms with E-state index in [0.29, 0.717) is 41.6 Å². The summed E-state index contributed by atoms with van der Waals surface area (Å²) in [5.74, 6) is 0.593. The summed E-state index contributed by atoms with van der Waals surface area (Å²) in [6, 6.07) is 11.1. The summed E-state index contributed by atoms with van der Waals surface area (Å²) in [6.45, 7) is 1.23. The Bertz CT molecular complexity index is 1350. The standard InChI is InChI=1S/C24H27N7O3/c1-29(2)11-12-30(3)22-20(31(32)33)13-17(25)23(34-4)21(22)24-26-10-9-19(28-24)16-14-27-18-8-6-5-7-15(16)18/h5-10,13-14,27H,11-12,25H2,1-4H3. The molecule has 0 aliphatic carbocycles. The van der Waals surface area contributed by atoms with Gasteiger partial charge in [-0.1, -0.05) is 18.2 Å². The second-order valence-electron chi connectivity index (χ2n) is 8.24. The molecule has 0 fully saturated rings. The summed E-state index contributed by atoms with van der Waals surface area (Å²) in [7, 11) is 7.17. The van der Waals surface area contributed by atoms with Gasteiger partial charge in [-0.3, -0.25) is 10.1 Å². The van der Waals surface area contributed by atoms with Gasteiger partial charge in [-0.2, -0.15) is 0 Å². The highest BCUT2D eigenvalue weighted by atomic mass is 16.6. The first-order valence-electron chi connectivity index (χ1n) is 10.7. The van der Waals surface area contributed by atoms with Crippen LogP contribution in [0.4, 0.5) is 17.1 Å². The normalized spacial score (nSPS) is 11.2. The van der Waals surface area contributed by atoms with Crippen LogP contribution in [0, 0.1) is 10.1 Å². The number of aromatic nitrogens is 3. The van der Waals surface area contributed by atoms with E-state index in [-0.39, 0.29) is 11.4 Å². The zero-order chi connectivity index (χ0) is 24.4.